The van der Waals surface area contributed by atoms with E-state index >= 15 is 0 Å². The summed E-state index contributed by atoms with van der Waals surface area (Å²) >= 11 is 0. The van der Waals surface area contributed by atoms with E-state index in [1.165, 1.54) is 42.6 Å². The Hall–Kier alpha value is -0.830. The molecule has 0 bridgehead atoms. The molecule has 0 saturated heterocycles. The fraction of sp³-hybridized carbons (Fsp3) is 0.727. The first-order valence-corrected chi connectivity index (χ1v) is 5.55. The predicted molar refractivity (Wildman–Crippen MR) is 54.9 cm³/mol. The Labute approximate surface area is 84.3 Å². The molecule has 76 valence electrons. The lowest BCUT2D eigenvalue weighted by molar-refractivity contribution is 0.624. The number of hydrogen-bond acceptors (Lipinski definition) is 2. The molecule has 1 saturated carbocycles. The zero-order chi connectivity index (χ0) is 9.76. The van der Waals surface area contributed by atoms with Crippen LogP contribution in [0.5, 0.6) is 0 Å². The molecular formula is C11H17N3. The van der Waals surface area contributed by atoms with E-state index in [9.17, 15) is 0 Å². The van der Waals surface area contributed by atoms with E-state index in [-0.39, 0.29) is 5.54 Å². The topological polar surface area (TPSA) is 43.8 Å². The van der Waals surface area contributed by atoms with Crippen LogP contribution in [0.3, 0.4) is 0 Å². The molecule has 0 atom stereocenters. The van der Waals surface area contributed by atoms with Gasteiger partial charge in [-0.3, -0.25) is 4.68 Å². The van der Waals surface area contributed by atoms with Gasteiger partial charge in [-0.25, -0.2) is 0 Å². The van der Waals surface area contributed by atoms with E-state index in [0.29, 0.717) is 0 Å². The van der Waals surface area contributed by atoms with Crippen LogP contribution in [0, 0.1) is 0 Å². The predicted octanol–water partition coefficient (Wildman–Crippen LogP) is 1.25. The molecule has 2 aliphatic carbocycles. The minimum absolute atomic E-state index is 0.0529. The molecule has 1 heterocycles. The molecule has 3 heteroatoms. The summed E-state index contributed by atoms with van der Waals surface area (Å²) in [5, 5.41) is 4.62. The van der Waals surface area contributed by atoms with Gasteiger partial charge in [0.2, 0.25) is 0 Å². The lowest BCUT2D eigenvalue weighted by Gasteiger charge is -2.14. The standard InChI is InChI=1S/C11H17N3/c1-14-9-5-3-2-4-8(9)10(13-14)11(12)6-7-11/h2-7,12H2,1H3. The number of nitrogens with zero attached hydrogens (tertiary/aromatic N) is 2. The lowest BCUT2D eigenvalue weighted by Crippen LogP contribution is -2.21. The van der Waals surface area contributed by atoms with E-state index in [2.05, 4.69) is 16.8 Å². The van der Waals surface area contributed by atoms with Crippen LogP contribution in [0.2, 0.25) is 0 Å². The third-order valence-corrected chi connectivity index (χ3v) is 3.63. The van der Waals surface area contributed by atoms with Crippen LogP contribution in [-0.2, 0) is 25.4 Å². The van der Waals surface area contributed by atoms with Gasteiger partial charge in [0, 0.05) is 12.7 Å². The van der Waals surface area contributed by atoms with Crippen molar-refractivity contribution in [2.45, 2.75) is 44.1 Å². The maximum absolute atomic E-state index is 6.23. The van der Waals surface area contributed by atoms with Gasteiger partial charge in [-0.2, -0.15) is 5.10 Å². The fourth-order valence-corrected chi connectivity index (χ4v) is 2.54. The van der Waals surface area contributed by atoms with Crippen LogP contribution in [0.25, 0.3) is 0 Å². The number of aromatic nitrogens is 2. The SMILES string of the molecule is Cn1nc(C2(N)CC2)c2c1CCCC2. The second-order valence-electron chi connectivity index (χ2n) is 4.76. The van der Waals surface area contributed by atoms with Crippen molar-refractivity contribution in [2.75, 3.05) is 0 Å². The monoisotopic (exact) mass is 191 g/mol. The number of fused-ring (bicyclic) bond motifs is 1. The highest BCUT2D eigenvalue weighted by atomic mass is 15.3. The van der Waals surface area contributed by atoms with Crippen LogP contribution < -0.4 is 5.73 Å². The molecule has 0 unspecified atom stereocenters. The first-order chi connectivity index (χ1) is 6.71. The maximum Gasteiger partial charge on any atom is 0.0857 e. The van der Waals surface area contributed by atoms with Crippen molar-refractivity contribution in [1.82, 2.24) is 9.78 Å². The van der Waals surface area contributed by atoms with Gasteiger partial charge in [-0.15, -0.1) is 0 Å². The summed E-state index contributed by atoms with van der Waals surface area (Å²) in [6.07, 6.45) is 7.24. The minimum Gasteiger partial charge on any atom is -0.320 e. The zero-order valence-electron chi connectivity index (χ0n) is 8.71. The third-order valence-electron chi connectivity index (χ3n) is 3.63. The molecule has 0 aromatic carbocycles. The minimum atomic E-state index is -0.0529. The van der Waals surface area contributed by atoms with E-state index in [4.69, 9.17) is 5.73 Å². The van der Waals surface area contributed by atoms with Gasteiger partial charge in [0.15, 0.2) is 0 Å². The zero-order valence-corrected chi connectivity index (χ0v) is 8.71. The van der Waals surface area contributed by atoms with Crippen LogP contribution in [-0.4, -0.2) is 9.78 Å². The maximum atomic E-state index is 6.23. The second kappa shape index (κ2) is 2.60. The highest BCUT2D eigenvalue weighted by Crippen LogP contribution is 2.45. The molecule has 0 amide bonds. The molecule has 14 heavy (non-hydrogen) atoms. The van der Waals surface area contributed by atoms with Gasteiger partial charge < -0.3 is 5.73 Å². The number of hydrogen-bond donors (Lipinski definition) is 1. The Morgan fingerprint density at radius 2 is 2.00 bits per heavy atom. The van der Waals surface area contributed by atoms with Gasteiger partial charge in [0.25, 0.3) is 0 Å². The van der Waals surface area contributed by atoms with Crippen molar-refractivity contribution in [1.29, 1.82) is 0 Å². The molecule has 0 radical (unpaired) electrons. The average Bonchev–Trinajstić information content (AvgIpc) is 2.84. The molecule has 3 nitrogen and oxygen atoms in total. The van der Waals surface area contributed by atoms with E-state index < -0.39 is 0 Å². The van der Waals surface area contributed by atoms with Gasteiger partial charge in [0.05, 0.1) is 11.2 Å². The Morgan fingerprint density at radius 1 is 1.29 bits per heavy atom. The lowest BCUT2D eigenvalue weighted by atomic mass is 9.93. The van der Waals surface area contributed by atoms with Crippen LogP contribution in [0.15, 0.2) is 0 Å². The normalized spacial score (nSPS) is 23.3. The first-order valence-electron chi connectivity index (χ1n) is 5.55. The van der Waals surface area contributed by atoms with Crippen molar-refractivity contribution in [3.05, 3.63) is 17.0 Å². The number of nitrogens with two attached hydrogens (primary N) is 1. The molecule has 2 N–H and O–H groups in total. The second-order valence-corrected chi connectivity index (χ2v) is 4.76. The largest absolute Gasteiger partial charge is 0.320 e. The molecule has 2 aliphatic rings. The quantitative estimate of drug-likeness (QED) is 0.726. The first kappa shape index (κ1) is 8.48. The molecule has 0 aliphatic heterocycles. The van der Waals surface area contributed by atoms with Gasteiger partial charge in [-0.1, -0.05) is 0 Å². The highest BCUT2D eigenvalue weighted by molar-refractivity contribution is 5.36. The molecule has 0 spiro atoms. The Balaban J connectivity index is 2.12. The van der Waals surface area contributed by atoms with Gasteiger partial charge in [0.1, 0.15) is 0 Å². The molecule has 1 aromatic heterocycles. The number of rotatable bonds is 1. The van der Waals surface area contributed by atoms with Crippen molar-refractivity contribution < 1.29 is 0 Å². The summed E-state index contributed by atoms with van der Waals surface area (Å²) in [5.74, 6) is 0. The van der Waals surface area contributed by atoms with Crippen LogP contribution >= 0.6 is 0 Å². The molecule has 3 rings (SSSR count). The molecule has 1 fully saturated rings. The van der Waals surface area contributed by atoms with Crippen LogP contribution in [0.4, 0.5) is 0 Å². The number of aryl methyl sites for hydroxylation is 1. The van der Waals surface area contributed by atoms with Gasteiger partial charge in [-0.05, 0) is 44.1 Å². The van der Waals surface area contributed by atoms with E-state index in [1.807, 2.05) is 0 Å². The van der Waals surface area contributed by atoms with Gasteiger partial charge >= 0.3 is 0 Å². The summed E-state index contributed by atoms with van der Waals surface area (Å²) in [5.41, 5.74) is 10.3. The average molecular weight is 191 g/mol. The van der Waals surface area contributed by atoms with E-state index in [0.717, 1.165) is 12.8 Å². The summed E-state index contributed by atoms with van der Waals surface area (Å²) in [6.45, 7) is 0. The van der Waals surface area contributed by atoms with Crippen molar-refractivity contribution in [3.63, 3.8) is 0 Å². The summed E-state index contributed by atoms with van der Waals surface area (Å²) in [4.78, 5) is 0. The summed E-state index contributed by atoms with van der Waals surface area (Å²) < 4.78 is 2.05. The van der Waals surface area contributed by atoms with E-state index in [1.54, 1.807) is 0 Å². The molecular weight excluding hydrogens is 174 g/mol. The highest BCUT2D eigenvalue weighted by Gasteiger charge is 2.44. The Bertz CT molecular complexity index is 374. The Kier molecular flexibility index (Phi) is 1.57. The summed E-state index contributed by atoms with van der Waals surface area (Å²) in [6, 6.07) is 0. The third kappa shape index (κ3) is 1.05. The Morgan fingerprint density at radius 3 is 2.71 bits per heavy atom. The van der Waals surface area contributed by atoms with Crippen molar-refractivity contribution in [3.8, 4) is 0 Å². The smallest absolute Gasteiger partial charge is 0.0857 e. The fourth-order valence-electron chi connectivity index (χ4n) is 2.54. The summed E-state index contributed by atoms with van der Waals surface area (Å²) in [7, 11) is 2.05. The van der Waals surface area contributed by atoms with Crippen LogP contribution in [0.1, 0.15) is 42.6 Å². The van der Waals surface area contributed by atoms with Crippen molar-refractivity contribution >= 4 is 0 Å². The molecule has 1 aromatic rings. The van der Waals surface area contributed by atoms with Crippen molar-refractivity contribution in [2.24, 2.45) is 12.8 Å².